The Morgan fingerprint density at radius 1 is 1.55 bits per heavy atom. The zero-order valence-corrected chi connectivity index (χ0v) is 7.15. The first-order chi connectivity index (χ1) is 5.27. The maximum atomic E-state index is 8.72. The van der Waals surface area contributed by atoms with Gasteiger partial charge in [0, 0.05) is 0 Å². The Labute approximate surface area is 68.0 Å². The van der Waals surface area contributed by atoms with Gasteiger partial charge in [0.05, 0.1) is 11.6 Å². The standard InChI is InChI=1S/C10H13N/c1-3-9-5-4-8(2)10(6-9)7-11/h6H,3-5H2,1-2H3. The molecule has 1 rings (SSSR count). The van der Waals surface area contributed by atoms with Crippen molar-refractivity contribution in [2.45, 2.75) is 33.1 Å². The maximum absolute atomic E-state index is 8.72. The molecule has 0 heterocycles. The molecule has 0 N–H and O–H groups in total. The zero-order valence-electron chi connectivity index (χ0n) is 7.15. The lowest BCUT2D eigenvalue weighted by Gasteiger charge is -2.12. The molecule has 0 bridgehead atoms. The van der Waals surface area contributed by atoms with E-state index < -0.39 is 0 Å². The van der Waals surface area contributed by atoms with Crippen molar-refractivity contribution in [2.24, 2.45) is 0 Å². The van der Waals surface area contributed by atoms with E-state index >= 15 is 0 Å². The van der Waals surface area contributed by atoms with Gasteiger partial charge in [-0.3, -0.25) is 0 Å². The molecule has 0 amide bonds. The van der Waals surface area contributed by atoms with E-state index in [1.54, 1.807) is 0 Å². The SMILES string of the molecule is CCC1=CC(C#N)=C(C)CC1. The summed E-state index contributed by atoms with van der Waals surface area (Å²) >= 11 is 0. The molecule has 1 heteroatoms. The van der Waals surface area contributed by atoms with Crippen LogP contribution in [0.25, 0.3) is 0 Å². The highest BCUT2D eigenvalue weighted by molar-refractivity contribution is 5.42. The summed E-state index contributed by atoms with van der Waals surface area (Å²) in [6.07, 6.45) is 5.34. The van der Waals surface area contributed by atoms with Gasteiger partial charge in [-0.2, -0.15) is 5.26 Å². The van der Waals surface area contributed by atoms with E-state index in [0.717, 1.165) is 24.8 Å². The summed E-state index contributed by atoms with van der Waals surface area (Å²) in [4.78, 5) is 0. The van der Waals surface area contributed by atoms with Crippen LogP contribution in [-0.2, 0) is 0 Å². The van der Waals surface area contributed by atoms with Crippen LogP contribution < -0.4 is 0 Å². The van der Waals surface area contributed by atoms with Crippen molar-refractivity contribution in [3.8, 4) is 6.07 Å². The Kier molecular flexibility index (Phi) is 2.48. The second-order valence-corrected chi connectivity index (χ2v) is 2.96. The first kappa shape index (κ1) is 8.07. The fraction of sp³-hybridized carbons (Fsp3) is 0.500. The summed E-state index contributed by atoms with van der Waals surface area (Å²) in [5.74, 6) is 0. The Balaban J connectivity index is 2.89. The molecule has 1 aliphatic carbocycles. The first-order valence-electron chi connectivity index (χ1n) is 4.07. The minimum Gasteiger partial charge on any atom is -0.192 e. The molecule has 0 atom stereocenters. The second-order valence-electron chi connectivity index (χ2n) is 2.96. The average Bonchev–Trinajstić information content (AvgIpc) is 2.05. The van der Waals surface area contributed by atoms with Crippen molar-refractivity contribution in [3.05, 3.63) is 22.8 Å². The molecule has 0 aromatic rings. The number of hydrogen-bond acceptors (Lipinski definition) is 1. The molecule has 58 valence electrons. The summed E-state index contributed by atoms with van der Waals surface area (Å²) in [6.45, 7) is 4.18. The second kappa shape index (κ2) is 3.39. The highest BCUT2D eigenvalue weighted by Gasteiger charge is 2.07. The molecule has 0 aliphatic heterocycles. The fourth-order valence-electron chi connectivity index (χ4n) is 1.29. The molecule has 0 saturated heterocycles. The van der Waals surface area contributed by atoms with E-state index in [-0.39, 0.29) is 0 Å². The molecule has 0 unspecified atom stereocenters. The first-order valence-corrected chi connectivity index (χ1v) is 4.07. The van der Waals surface area contributed by atoms with E-state index in [4.69, 9.17) is 5.26 Å². The lowest BCUT2D eigenvalue weighted by atomic mass is 9.93. The summed E-state index contributed by atoms with van der Waals surface area (Å²) < 4.78 is 0. The number of rotatable bonds is 1. The van der Waals surface area contributed by atoms with Gasteiger partial charge in [0.15, 0.2) is 0 Å². The van der Waals surface area contributed by atoms with Crippen LogP contribution >= 0.6 is 0 Å². The van der Waals surface area contributed by atoms with Gasteiger partial charge < -0.3 is 0 Å². The summed E-state index contributed by atoms with van der Waals surface area (Å²) in [7, 11) is 0. The van der Waals surface area contributed by atoms with E-state index in [9.17, 15) is 0 Å². The third-order valence-corrected chi connectivity index (χ3v) is 2.20. The van der Waals surface area contributed by atoms with Gasteiger partial charge in [-0.1, -0.05) is 18.1 Å². The van der Waals surface area contributed by atoms with E-state index in [0.29, 0.717) is 0 Å². The molecule has 0 fully saturated rings. The van der Waals surface area contributed by atoms with Gasteiger partial charge in [0.1, 0.15) is 0 Å². The Bertz CT molecular complexity index is 251. The predicted molar refractivity (Wildman–Crippen MR) is 45.9 cm³/mol. The topological polar surface area (TPSA) is 23.8 Å². The molecule has 1 aliphatic rings. The smallest absolute Gasteiger partial charge is 0.0990 e. The van der Waals surface area contributed by atoms with Gasteiger partial charge in [-0.25, -0.2) is 0 Å². The van der Waals surface area contributed by atoms with Gasteiger partial charge in [-0.15, -0.1) is 0 Å². The van der Waals surface area contributed by atoms with Crippen molar-refractivity contribution < 1.29 is 0 Å². The molecule has 11 heavy (non-hydrogen) atoms. The maximum Gasteiger partial charge on any atom is 0.0990 e. The number of nitriles is 1. The third-order valence-electron chi connectivity index (χ3n) is 2.20. The molecule has 0 aromatic carbocycles. The molecular formula is C10H13N. The van der Waals surface area contributed by atoms with Gasteiger partial charge >= 0.3 is 0 Å². The Hall–Kier alpha value is -1.03. The molecule has 0 spiro atoms. The zero-order chi connectivity index (χ0) is 8.27. The molecule has 1 nitrogen and oxygen atoms in total. The Morgan fingerprint density at radius 3 is 2.82 bits per heavy atom. The normalized spacial score (nSPS) is 17.7. The van der Waals surface area contributed by atoms with Crippen LogP contribution in [0.15, 0.2) is 22.8 Å². The van der Waals surface area contributed by atoms with Crippen LogP contribution in [-0.4, -0.2) is 0 Å². The minimum atomic E-state index is 0.883. The van der Waals surface area contributed by atoms with Gasteiger partial charge in [-0.05, 0) is 32.3 Å². The summed E-state index contributed by atoms with van der Waals surface area (Å²) in [5.41, 5.74) is 3.53. The van der Waals surface area contributed by atoms with Crippen molar-refractivity contribution in [1.29, 1.82) is 5.26 Å². The van der Waals surface area contributed by atoms with Crippen LogP contribution in [0.3, 0.4) is 0 Å². The Morgan fingerprint density at radius 2 is 2.27 bits per heavy atom. The number of hydrogen-bond donors (Lipinski definition) is 0. The van der Waals surface area contributed by atoms with Crippen molar-refractivity contribution in [1.82, 2.24) is 0 Å². The van der Waals surface area contributed by atoms with Crippen LogP contribution in [0.2, 0.25) is 0 Å². The molecule has 0 radical (unpaired) electrons. The predicted octanol–water partition coefficient (Wildman–Crippen LogP) is 2.96. The third kappa shape index (κ3) is 1.71. The minimum absolute atomic E-state index is 0.883. The van der Waals surface area contributed by atoms with Crippen LogP contribution in [0.4, 0.5) is 0 Å². The van der Waals surface area contributed by atoms with E-state index in [1.165, 1.54) is 11.1 Å². The van der Waals surface area contributed by atoms with Gasteiger partial charge in [0.2, 0.25) is 0 Å². The highest BCUT2D eigenvalue weighted by Crippen LogP contribution is 2.24. The molecule has 0 aromatic heterocycles. The lowest BCUT2D eigenvalue weighted by molar-refractivity contribution is 0.849. The van der Waals surface area contributed by atoms with Crippen LogP contribution in [0.5, 0.6) is 0 Å². The quantitative estimate of drug-likeness (QED) is 0.559. The average molecular weight is 147 g/mol. The summed E-state index contributed by atoms with van der Waals surface area (Å²) in [5, 5.41) is 8.72. The molecule has 0 saturated carbocycles. The van der Waals surface area contributed by atoms with Crippen molar-refractivity contribution >= 4 is 0 Å². The van der Waals surface area contributed by atoms with E-state index in [2.05, 4.69) is 13.0 Å². The van der Waals surface area contributed by atoms with Crippen molar-refractivity contribution in [3.63, 3.8) is 0 Å². The van der Waals surface area contributed by atoms with Crippen molar-refractivity contribution in [2.75, 3.05) is 0 Å². The van der Waals surface area contributed by atoms with Crippen LogP contribution in [0, 0.1) is 11.3 Å². The number of allylic oxidation sites excluding steroid dienone is 4. The van der Waals surface area contributed by atoms with E-state index in [1.807, 2.05) is 13.0 Å². The monoisotopic (exact) mass is 147 g/mol. The number of nitrogens with zero attached hydrogens (tertiary/aromatic N) is 1. The lowest BCUT2D eigenvalue weighted by Crippen LogP contribution is -1.94. The molecular weight excluding hydrogens is 134 g/mol. The fourth-order valence-corrected chi connectivity index (χ4v) is 1.29. The van der Waals surface area contributed by atoms with Gasteiger partial charge in [0.25, 0.3) is 0 Å². The summed E-state index contributed by atoms with van der Waals surface area (Å²) in [6, 6.07) is 2.22. The highest BCUT2D eigenvalue weighted by atomic mass is 14.3. The largest absolute Gasteiger partial charge is 0.192 e. The van der Waals surface area contributed by atoms with Crippen LogP contribution in [0.1, 0.15) is 33.1 Å².